The standard InChI is InChI=1S/C9H13NO2S/c1-3-10-8-4-6-9(7-5-8)13(2,11)12/h4-7,10H,3H2,1-2H3. The van der Waals surface area contributed by atoms with Gasteiger partial charge >= 0.3 is 0 Å². The number of anilines is 1. The minimum Gasteiger partial charge on any atom is -0.385 e. The number of benzene rings is 1. The molecule has 0 saturated heterocycles. The molecule has 0 bridgehead atoms. The molecule has 0 aliphatic carbocycles. The van der Waals surface area contributed by atoms with Gasteiger partial charge in [0, 0.05) is 18.5 Å². The Kier molecular flexibility index (Phi) is 2.93. The smallest absolute Gasteiger partial charge is 0.175 e. The molecule has 0 spiro atoms. The molecule has 1 N–H and O–H groups in total. The highest BCUT2D eigenvalue weighted by Crippen LogP contribution is 2.13. The van der Waals surface area contributed by atoms with E-state index in [1.165, 1.54) is 6.26 Å². The summed E-state index contributed by atoms with van der Waals surface area (Å²) in [5.74, 6) is 0. The van der Waals surface area contributed by atoms with E-state index in [9.17, 15) is 8.42 Å². The summed E-state index contributed by atoms with van der Waals surface area (Å²) in [6.45, 7) is 2.82. The first kappa shape index (κ1) is 10.1. The van der Waals surface area contributed by atoms with Crippen LogP contribution in [-0.4, -0.2) is 21.2 Å². The molecule has 0 atom stereocenters. The maximum atomic E-state index is 11.1. The van der Waals surface area contributed by atoms with Crippen LogP contribution < -0.4 is 5.32 Å². The third kappa shape index (κ3) is 2.73. The number of hydrogen-bond acceptors (Lipinski definition) is 3. The van der Waals surface area contributed by atoms with Crippen molar-refractivity contribution in [2.24, 2.45) is 0 Å². The van der Waals surface area contributed by atoms with Gasteiger partial charge in [-0.1, -0.05) is 0 Å². The van der Waals surface area contributed by atoms with E-state index in [0.29, 0.717) is 4.90 Å². The molecule has 0 aromatic heterocycles. The Hall–Kier alpha value is -1.03. The van der Waals surface area contributed by atoms with Gasteiger partial charge in [-0.2, -0.15) is 0 Å². The Morgan fingerprint density at radius 3 is 2.15 bits per heavy atom. The Morgan fingerprint density at radius 1 is 1.23 bits per heavy atom. The maximum absolute atomic E-state index is 11.1. The highest BCUT2D eigenvalue weighted by atomic mass is 32.2. The van der Waals surface area contributed by atoms with E-state index in [2.05, 4.69) is 5.32 Å². The molecule has 3 nitrogen and oxygen atoms in total. The van der Waals surface area contributed by atoms with E-state index < -0.39 is 9.84 Å². The highest BCUT2D eigenvalue weighted by Gasteiger charge is 2.05. The van der Waals surface area contributed by atoms with Gasteiger partial charge in [0.1, 0.15) is 0 Å². The van der Waals surface area contributed by atoms with E-state index in [0.717, 1.165) is 12.2 Å². The summed E-state index contributed by atoms with van der Waals surface area (Å²) < 4.78 is 22.2. The van der Waals surface area contributed by atoms with Crippen LogP contribution in [0.2, 0.25) is 0 Å². The number of rotatable bonds is 3. The number of hydrogen-bond donors (Lipinski definition) is 1. The molecule has 72 valence electrons. The van der Waals surface area contributed by atoms with Crippen LogP contribution in [0.4, 0.5) is 5.69 Å². The molecule has 0 amide bonds. The average molecular weight is 199 g/mol. The maximum Gasteiger partial charge on any atom is 0.175 e. The van der Waals surface area contributed by atoms with Gasteiger partial charge < -0.3 is 5.32 Å². The van der Waals surface area contributed by atoms with E-state index >= 15 is 0 Å². The van der Waals surface area contributed by atoms with E-state index in [4.69, 9.17) is 0 Å². The third-order valence-electron chi connectivity index (χ3n) is 1.66. The zero-order valence-electron chi connectivity index (χ0n) is 7.74. The minimum atomic E-state index is -3.06. The van der Waals surface area contributed by atoms with Crippen LogP contribution in [0.3, 0.4) is 0 Å². The first-order valence-corrected chi connectivity index (χ1v) is 5.97. The number of sulfone groups is 1. The summed E-state index contributed by atoms with van der Waals surface area (Å²) in [4.78, 5) is 0.356. The molecular formula is C9H13NO2S. The quantitative estimate of drug-likeness (QED) is 0.802. The summed E-state index contributed by atoms with van der Waals surface area (Å²) in [6.07, 6.45) is 1.20. The Balaban J connectivity index is 2.94. The van der Waals surface area contributed by atoms with Crippen LogP contribution in [0.15, 0.2) is 29.2 Å². The van der Waals surface area contributed by atoms with Gasteiger partial charge in [-0.3, -0.25) is 0 Å². The fourth-order valence-electron chi connectivity index (χ4n) is 1.02. The van der Waals surface area contributed by atoms with Crippen molar-refractivity contribution in [2.45, 2.75) is 11.8 Å². The van der Waals surface area contributed by atoms with Crippen molar-refractivity contribution in [1.82, 2.24) is 0 Å². The van der Waals surface area contributed by atoms with Gasteiger partial charge in [0.2, 0.25) is 0 Å². The predicted molar refractivity (Wildman–Crippen MR) is 53.7 cm³/mol. The summed E-state index contributed by atoms with van der Waals surface area (Å²) >= 11 is 0. The molecule has 0 aliphatic rings. The first-order chi connectivity index (χ1) is 6.04. The lowest BCUT2D eigenvalue weighted by Crippen LogP contribution is -1.99. The van der Waals surface area contributed by atoms with Gasteiger partial charge in [-0.25, -0.2) is 8.42 Å². The lowest BCUT2D eigenvalue weighted by atomic mass is 10.3. The van der Waals surface area contributed by atoms with Crippen LogP contribution in [-0.2, 0) is 9.84 Å². The van der Waals surface area contributed by atoms with Crippen LogP contribution in [0.5, 0.6) is 0 Å². The Bertz CT molecular complexity index is 367. The average Bonchev–Trinajstić information content (AvgIpc) is 2.04. The van der Waals surface area contributed by atoms with E-state index in [-0.39, 0.29) is 0 Å². The molecule has 0 unspecified atom stereocenters. The minimum absolute atomic E-state index is 0.356. The molecule has 1 aromatic carbocycles. The molecular weight excluding hydrogens is 186 g/mol. The second kappa shape index (κ2) is 3.79. The Labute approximate surface area is 78.7 Å². The van der Waals surface area contributed by atoms with E-state index in [1.54, 1.807) is 24.3 Å². The second-order valence-electron chi connectivity index (χ2n) is 2.83. The lowest BCUT2D eigenvalue weighted by molar-refractivity contribution is 0.602. The molecule has 0 aliphatic heterocycles. The summed E-state index contributed by atoms with van der Waals surface area (Å²) in [5.41, 5.74) is 0.940. The predicted octanol–water partition coefficient (Wildman–Crippen LogP) is 1.52. The molecule has 1 rings (SSSR count). The van der Waals surface area contributed by atoms with Crippen LogP contribution in [0.1, 0.15) is 6.92 Å². The van der Waals surface area contributed by atoms with Crippen molar-refractivity contribution >= 4 is 15.5 Å². The van der Waals surface area contributed by atoms with Crippen LogP contribution in [0, 0.1) is 0 Å². The van der Waals surface area contributed by atoms with Gasteiger partial charge in [-0.15, -0.1) is 0 Å². The zero-order valence-corrected chi connectivity index (χ0v) is 8.56. The molecule has 4 heteroatoms. The van der Waals surface area contributed by atoms with Crippen molar-refractivity contribution in [3.8, 4) is 0 Å². The fourth-order valence-corrected chi connectivity index (χ4v) is 1.65. The number of nitrogens with one attached hydrogen (secondary N) is 1. The molecule has 1 aromatic rings. The van der Waals surface area contributed by atoms with Gasteiger partial charge in [0.25, 0.3) is 0 Å². The highest BCUT2D eigenvalue weighted by molar-refractivity contribution is 7.90. The third-order valence-corrected chi connectivity index (χ3v) is 2.79. The van der Waals surface area contributed by atoms with Gasteiger partial charge in [-0.05, 0) is 31.2 Å². The summed E-state index contributed by atoms with van der Waals surface area (Å²) in [6, 6.07) is 6.74. The molecule has 0 heterocycles. The van der Waals surface area contributed by atoms with Crippen molar-refractivity contribution < 1.29 is 8.42 Å². The van der Waals surface area contributed by atoms with Crippen LogP contribution >= 0.6 is 0 Å². The van der Waals surface area contributed by atoms with Crippen molar-refractivity contribution in [1.29, 1.82) is 0 Å². The summed E-state index contributed by atoms with van der Waals surface area (Å²) in [7, 11) is -3.06. The normalized spacial score (nSPS) is 11.2. The Morgan fingerprint density at radius 2 is 1.77 bits per heavy atom. The van der Waals surface area contributed by atoms with Crippen molar-refractivity contribution in [3.63, 3.8) is 0 Å². The molecule has 13 heavy (non-hydrogen) atoms. The van der Waals surface area contributed by atoms with Crippen LogP contribution in [0.25, 0.3) is 0 Å². The lowest BCUT2D eigenvalue weighted by Gasteiger charge is -2.03. The monoisotopic (exact) mass is 199 g/mol. The SMILES string of the molecule is CCNc1ccc(S(C)(=O)=O)cc1. The molecule has 0 radical (unpaired) electrons. The first-order valence-electron chi connectivity index (χ1n) is 4.08. The van der Waals surface area contributed by atoms with Crippen molar-refractivity contribution in [2.75, 3.05) is 18.1 Å². The zero-order chi connectivity index (χ0) is 9.90. The van der Waals surface area contributed by atoms with Gasteiger partial charge in [0.15, 0.2) is 9.84 Å². The van der Waals surface area contributed by atoms with Gasteiger partial charge in [0.05, 0.1) is 4.90 Å². The van der Waals surface area contributed by atoms with Crippen molar-refractivity contribution in [3.05, 3.63) is 24.3 Å². The second-order valence-corrected chi connectivity index (χ2v) is 4.84. The largest absolute Gasteiger partial charge is 0.385 e. The van der Waals surface area contributed by atoms with E-state index in [1.807, 2.05) is 6.92 Å². The molecule has 0 saturated carbocycles. The molecule has 0 fully saturated rings. The summed E-state index contributed by atoms with van der Waals surface area (Å²) in [5, 5.41) is 3.09. The fraction of sp³-hybridized carbons (Fsp3) is 0.333. The topological polar surface area (TPSA) is 46.2 Å².